The first-order valence-electron chi connectivity index (χ1n) is 3.88. The molecule has 1 rings (SSSR count). The Bertz CT molecular complexity index is 161. The number of nitrogens with two attached hydrogens (primary N) is 1. The Hall–Kier alpha value is -0.570. The summed E-state index contributed by atoms with van der Waals surface area (Å²) in [6.07, 6.45) is 0.459. The van der Waals surface area contributed by atoms with Gasteiger partial charge in [-0.05, 0) is 5.41 Å². The zero-order valence-electron chi connectivity index (χ0n) is 7.09. The molecule has 0 unspecified atom stereocenters. The van der Waals surface area contributed by atoms with Gasteiger partial charge in [0.05, 0.1) is 13.2 Å². The molecule has 11 heavy (non-hydrogen) atoms. The molecule has 1 amide bonds. The fraction of sp³-hybridized carbons (Fsp3) is 0.875. The van der Waals surface area contributed by atoms with Gasteiger partial charge in [-0.2, -0.15) is 0 Å². The molecule has 1 aliphatic rings. The van der Waals surface area contributed by atoms with Crippen LogP contribution in [0.1, 0.15) is 20.3 Å². The van der Waals surface area contributed by atoms with Gasteiger partial charge in [0.15, 0.2) is 0 Å². The highest BCUT2D eigenvalue weighted by molar-refractivity contribution is 5.74. The fourth-order valence-electron chi connectivity index (χ4n) is 1.28. The first kappa shape index (κ1) is 8.53. The third-order valence-corrected chi connectivity index (χ3v) is 2.37. The van der Waals surface area contributed by atoms with Gasteiger partial charge in [-0.1, -0.05) is 13.8 Å². The Kier molecular flexibility index (Phi) is 2.18. The quantitative estimate of drug-likeness (QED) is 0.649. The number of primary amides is 1. The lowest BCUT2D eigenvalue weighted by Crippen LogP contribution is -2.41. The maximum Gasteiger partial charge on any atom is 0.217 e. The average molecular weight is 157 g/mol. The molecule has 1 aliphatic heterocycles. The number of ether oxygens (including phenoxy) is 1. The second-order valence-electron chi connectivity index (χ2n) is 3.87. The molecule has 0 aromatic heterocycles. The van der Waals surface area contributed by atoms with E-state index >= 15 is 0 Å². The third-order valence-electron chi connectivity index (χ3n) is 2.37. The number of amides is 1. The minimum absolute atomic E-state index is 0.0179. The second kappa shape index (κ2) is 2.81. The van der Waals surface area contributed by atoms with Gasteiger partial charge in [0.25, 0.3) is 0 Å². The van der Waals surface area contributed by atoms with Crippen LogP contribution < -0.4 is 5.73 Å². The third kappa shape index (κ3) is 1.93. The number of hydrogen-bond donors (Lipinski definition) is 1. The van der Waals surface area contributed by atoms with E-state index in [1.807, 2.05) is 0 Å². The highest BCUT2D eigenvalue weighted by atomic mass is 16.5. The van der Waals surface area contributed by atoms with Crippen LogP contribution in [0.15, 0.2) is 0 Å². The molecule has 64 valence electrons. The molecule has 2 N–H and O–H groups in total. The minimum atomic E-state index is -0.220. The lowest BCUT2D eigenvalue weighted by atomic mass is 9.75. The second-order valence-corrected chi connectivity index (χ2v) is 3.87. The van der Waals surface area contributed by atoms with Crippen molar-refractivity contribution in [2.75, 3.05) is 13.2 Å². The summed E-state index contributed by atoms with van der Waals surface area (Å²) in [4.78, 5) is 10.6. The van der Waals surface area contributed by atoms with Crippen molar-refractivity contribution in [2.24, 2.45) is 17.1 Å². The molecule has 0 saturated carbocycles. The first-order valence-corrected chi connectivity index (χ1v) is 3.88. The molecule has 0 radical (unpaired) electrons. The summed E-state index contributed by atoms with van der Waals surface area (Å²) in [5.74, 6) is 0.289. The largest absolute Gasteiger partial charge is 0.381 e. The van der Waals surface area contributed by atoms with E-state index in [1.54, 1.807) is 0 Å². The van der Waals surface area contributed by atoms with Gasteiger partial charge in [0.1, 0.15) is 0 Å². The van der Waals surface area contributed by atoms with Crippen molar-refractivity contribution in [1.29, 1.82) is 0 Å². The number of carbonyl (C=O) groups excluding carboxylic acids is 1. The Morgan fingerprint density at radius 3 is 2.45 bits per heavy atom. The molecule has 0 spiro atoms. The summed E-state index contributed by atoms with van der Waals surface area (Å²) in [7, 11) is 0. The lowest BCUT2D eigenvalue weighted by molar-refractivity contribution is -0.127. The summed E-state index contributed by atoms with van der Waals surface area (Å²) in [6, 6.07) is 0. The highest BCUT2D eigenvalue weighted by Gasteiger charge is 2.35. The zero-order chi connectivity index (χ0) is 8.48. The number of rotatable bonds is 3. The van der Waals surface area contributed by atoms with Crippen molar-refractivity contribution in [3.63, 3.8) is 0 Å². The van der Waals surface area contributed by atoms with E-state index in [4.69, 9.17) is 10.5 Å². The predicted molar refractivity (Wildman–Crippen MR) is 41.9 cm³/mol. The maximum absolute atomic E-state index is 10.6. The molecule has 0 aromatic carbocycles. The SMILES string of the molecule is CC(C)(CC(N)=O)C1COC1. The van der Waals surface area contributed by atoms with Crippen LogP contribution >= 0.6 is 0 Å². The Morgan fingerprint density at radius 1 is 1.64 bits per heavy atom. The topological polar surface area (TPSA) is 52.3 Å². The van der Waals surface area contributed by atoms with Crippen LogP contribution in [0.25, 0.3) is 0 Å². The molecule has 0 atom stereocenters. The van der Waals surface area contributed by atoms with Crippen LogP contribution in [0, 0.1) is 11.3 Å². The molecule has 3 nitrogen and oxygen atoms in total. The van der Waals surface area contributed by atoms with Crippen LogP contribution in [-0.2, 0) is 9.53 Å². The fourth-order valence-corrected chi connectivity index (χ4v) is 1.28. The Morgan fingerprint density at radius 2 is 2.18 bits per heavy atom. The van der Waals surface area contributed by atoms with Gasteiger partial charge in [-0.25, -0.2) is 0 Å². The van der Waals surface area contributed by atoms with Crippen LogP contribution in [0.3, 0.4) is 0 Å². The summed E-state index contributed by atoms with van der Waals surface area (Å²) < 4.78 is 5.05. The molecular formula is C8H15NO2. The standard InChI is InChI=1S/C8H15NO2/c1-8(2,3-7(9)10)6-4-11-5-6/h6H,3-5H2,1-2H3,(H2,9,10). The molecule has 1 fully saturated rings. The molecule has 1 saturated heterocycles. The lowest BCUT2D eigenvalue weighted by Gasteiger charge is -2.39. The average Bonchev–Trinajstić information content (AvgIpc) is 1.50. The first-order chi connectivity index (χ1) is 5.02. The Labute approximate surface area is 66.9 Å². The number of carbonyl (C=O) groups is 1. The van der Waals surface area contributed by atoms with Crippen molar-refractivity contribution < 1.29 is 9.53 Å². The van der Waals surface area contributed by atoms with E-state index in [2.05, 4.69) is 13.8 Å². The van der Waals surface area contributed by atoms with E-state index in [9.17, 15) is 4.79 Å². The van der Waals surface area contributed by atoms with Crippen molar-refractivity contribution in [3.05, 3.63) is 0 Å². The van der Waals surface area contributed by atoms with Crippen LogP contribution in [0.4, 0.5) is 0 Å². The summed E-state index contributed by atoms with van der Waals surface area (Å²) in [6.45, 7) is 5.68. The van der Waals surface area contributed by atoms with E-state index < -0.39 is 0 Å². The van der Waals surface area contributed by atoms with Crippen molar-refractivity contribution in [1.82, 2.24) is 0 Å². The Balaban J connectivity index is 2.43. The normalized spacial score (nSPS) is 19.5. The van der Waals surface area contributed by atoms with Gasteiger partial charge < -0.3 is 10.5 Å². The smallest absolute Gasteiger partial charge is 0.217 e. The van der Waals surface area contributed by atoms with Crippen LogP contribution in [0.5, 0.6) is 0 Å². The summed E-state index contributed by atoms with van der Waals surface area (Å²) in [5, 5.41) is 0. The maximum atomic E-state index is 10.6. The van der Waals surface area contributed by atoms with Gasteiger partial charge in [-0.3, -0.25) is 4.79 Å². The van der Waals surface area contributed by atoms with Crippen molar-refractivity contribution >= 4 is 5.91 Å². The zero-order valence-corrected chi connectivity index (χ0v) is 7.09. The van der Waals surface area contributed by atoms with Gasteiger partial charge in [0.2, 0.25) is 5.91 Å². The molecular weight excluding hydrogens is 142 g/mol. The minimum Gasteiger partial charge on any atom is -0.381 e. The summed E-state index contributed by atoms with van der Waals surface area (Å²) in [5.41, 5.74) is 5.13. The van der Waals surface area contributed by atoms with E-state index in [1.165, 1.54) is 0 Å². The van der Waals surface area contributed by atoms with Crippen LogP contribution in [-0.4, -0.2) is 19.1 Å². The van der Waals surface area contributed by atoms with Gasteiger partial charge >= 0.3 is 0 Å². The summed E-state index contributed by atoms with van der Waals surface area (Å²) >= 11 is 0. The monoisotopic (exact) mass is 157 g/mol. The van der Waals surface area contributed by atoms with Crippen molar-refractivity contribution in [3.8, 4) is 0 Å². The van der Waals surface area contributed by atoms with E-state index in [-0.39, 0.29) is 11.3 Å². The van der Waals surface area contributed by atoms with E-state index in [0.717, 1.165) is 13.2 Å². The van der Waals surface area contributed by atoms with Crippen LogP contribution in [0.2, 0.25) is 0 Å². The van der Waals surface area contributed by atoms with Gasteiger partial charge in [-0.15, -0.1) is 0 Å². The molecule has 0 aromatic rings. The molecule has 0 aliphatic carbocycles. The van der Waals surface area contributed by atoms with Crippen molar-refractivity contribution in [2.45, 2.75) is 20.3 Å². The highest BCUT2D eigenvalue weighted by Crippen LogP contribution is 2.35. The molecule has 3 heteroatoms. The van der Waals surface area contributed by atoms with E-state index in [0.29, 0.717) is 12.3 Å². The molecule has 1 heterocycles. The number of hydrogen-bond acceptors (Lipinski definition) is 2. The predicted octanol–water partition coefficient (Wildman–Crippen LogP) is 0.534. The molecule has 0 bridgehead atoms. The van der Waals surface area contributed by atoms with Gasteiger partial charge in [0, 0.05) is 12.3 Å².